The molecule has 1 fully saturated rings. The van der Waals surface area contributed by atoms with Crippen LogP contribution in [-0.4, -0.2) is 45.8 Å². The average Bonchev–Trinajstić information content (AvgIpc) is 3.32. The predicted molar refractivity (Wildman–Crippen MR) is 117 cm³/mol. The molecule has 164 valence electrons. The number of aromatic nitrogens is 2. The van der Waals surface area contributed by atoms with Gasteiger partial charge in [0.05, 0.1) is 24.2 Å². The van der Waals surface area contributed by atoms with Crippen LogP contribution in [-0.2, 0) is 11.3 Å². The van der Waals surface area contributed by atoms with Gasteiger partial charge in [-0.25, -0.2) is 9.18 Å². The number of imidazole rings is 1. The summed E-state index contributed by atoms with van der Waals surface area (Å²) in [5.41, 5.74) is 2.27. The summed E-state index contributed by atoms with van der Waals surface area (Å²) in [4.78, 5) is 18.7. The maximum Gasteiger partial charge on any atom is 0.410 e. The Morgan fingerprint density at radius 2 is 1.90 bits per heavy atom. The van der Waals surface area contributed by atoms with Crippen molar-refractivity contribution in [2.24, 2.45) is 5.92 Å². The number of benzene rings is 2. The Hall–Kier alpha value is -3.09. The fourth-order valence-electron chi connectivity index (χ4n) is 3.74. The van der Waals surface area contributed by atoms with E-state index in [0.29, 0.717) is 32.3 Å². The lowest BCUT2D eigenvalue weighted by molar-refractivity contribution is 0.0284. The van der Waals surface area contributed by atoms with Gasteiger partial charge in [0.25, 0.3) is 6.01 Å². The van der Waals surface area contributed by atoms with E-state index in [1.807, 2.05) is 49.6 Å². The summed E-state index contributed by atoms with van der Waals surface area (Å²) in [5.74, 6) is -0.0434. The highest BCUT2D eigenvalue weighted by molar-refractivity contribution is 5.76. The molecule has 0 spiro atoms. The first-order chi connectivity index (χ1) is 14.8. The molecule has 4 rings (SSSR count). The van der Waals surface area contributed by atoms with E-state index in [-0.39, 0.29) is 17.8 Å². The van der Waals surface area contributed by atoms with Crippen molar-refractivity contribution in [2.75, 3.05) is 19.7 Å². The zero-order valence-electron chi connectivity index (χ0n) is 18.2. The minimum Gasteiger partial charge on any atom is -0.464 e. The van der Waals surface area contributed by atoms with Gasteiger partial charge in [0, 0.05) is 19.0 Å². The minimum absolute atomic E-state index is 0.214. The number of amides is 1. The molecule has 1 aromatic heterocycles. The lowest BCUT2D eigenvalue weighted by Crippen LogP contribution is -2.35. The molecule has 0 saturated carbocycles. The zero-order valence-corrected chi connectivity index (χ0v) is 18.2. The number of para-hydroxylation sites is 2. The molecule has 0 N–H and O–H groups in total. The smallest absolute Gasteiger partial charge is 0.410 e. The van der Waals surface area contributed by atoms with E-state index < -0.39 is 5.60 Å². The van der Waals surface area contributed by atoms with Crippen molar-refractivity contribution in [3.05, 3.63) is 59.9 Å². The Labute approximate surface area is 181 Å². The molecule has 3 aromatic rings. The van der Waals surface area contributed by atoms with E-state index in [0.717, 1.165) is 23.0 Å². The summed E-state index contributed by atoms with van der Waals surface area (Å²) in [6, 6.07) is 14.8. The van der Waals surface area contributed by atoms with Gasteiger partial charge < -0.3 is 14.4 Å². The van der Waals surface area contributed by atoms with Crippen LogP contribution in [0.2, 0.25) is 0 Å². The second-order valence-corrected chi connectivity index (χ2v) is 8.99. The summed E-state index contributed by atoms with van der Waals surface area (Å²) in [7, 11) is 0. The Morgan fingerprint density at radius 3 is 2.65 bits per heavy atom. The molecule has 6 nitrogen and oxygen atoms in total. The topological polar surface area (TPSA) is 56.6 Å². The highest BCUT2D eigenvalue weighted by Crippen LogP contribution is 2.25. The number of hydrogen-bond acceptors (Lipinski definition) is 4. The molecule has 1 amide bonds. The van der Waals surface area contributed by atoms with Crippen LogP contribution in [0.5, 0.6) is 6.01 Å². The Balaban J connectivity index is 1.45. The normalized spacial score (nSPS) is 16.6. The van der Waals surface area contributed by atoms with Gasteiger partial charge in [0.15, 0.2) is 0 Å². The Kier molecular flexibility index (Phi) is 5.85. The van der Waals surface area contributed by atoms with Gasteiger partial charge in [-0.1, -0.05) is 24.3 Å². The lowest BCUT2D eigenvalue weighted by atomic mass is 10.1. The second-order valence-electron chi connectivity index (χ2n) is 8.99. The van der Waals surface area contributed by atoms with E-state index in [9.17, 15) is 9.18 Å². The van der Waals surface area contributed by atoms with Crippen LogP contribution >= 0.6 is 0 Å². The molecule has 31 heavy (non-hydrogen) atoms. The first-order valence-electron chi connectivity index (χ1n) is 10.6. The van der Waals surface area contributed by atoms with Gasteiger partial charge in [-0.05, 0) is 57.0 Å². The van der Waals surface area contributed by atoms with Crippen LogP contribution in [0, 0.1) is 11.7 Å². The summed E-state index contributed by atoms with van der Waals surface area (Å²) < 4.78 is 26.9. The third-order valence-corrected chi connectivity index (χ3v) is 5.26. The first-order valence-corrected chi connectivity index (χ1v) is 10.6. The maximum atomic E-state index is 13.3. The van der Waals surface area contributed by atoms with Crippen molar-refractivity contribution in [1.82, 2.24) is 14.5 Å². The Bertz CT molecular complexity index is 1060. The van der Waals surface area contributed by atoms with Gasteiger partial charge in [-0.15, -0.1) is 0 Å². The summed E-state index contributed by atoms with van der Waals surface area (Å²) in [5, 5.41) is 0. The molecule has 2 heterocycles. The molecule has 2 aromatic carbocycles. The second kappa shape index (κ2) is 8.57. The van der Waals surface area contributed by atoms with E-state index in [4.69, 9.17) is 9.47 Å². The van der Waals surface area contributed by atoms with E-state index >= 15 is 0 Å². The summed E-state index contributed by atoms with van der Waals surface area (Å²) >= 11 is 0. The highest BCUT2D eigenvalue weighted by Gasteiger charge is 2.30. The predicted octanol–water partition coefficient (Wildman–Crippen LogP) is 4.86. The van der Waals surface area contributed by atoms with Gasteiger partial charge in [-0.3, -0.25) is 4.57 Å². The van der Waals surface area contributed by atoms with Gasteiger partial charge in [0.2, 0.25) is 0 Å². The van der Waals surface area contributed by atoms with Crippen LogP contribution < -0.4 is 4.74 Å². The van der Waals surface area contributed by atoms with Crippen molar-refractivity contribution in [3.63, 3.8) is 0 Å². The van der Waals surface area contributed by atoms with Crippen molar-refractivity contribution in [2.45, 2.75) is 39.3 Å². The van der Waals surface area contributed by atoms with Gasteiger partial charge in [0.1, 0.15) is 11.4 Å². The van der Waals surface area contributed by atoms with E-state index in [2.05, 4.69) is 4.98 Å². The molecule has 0 aliphatic carbocycles. The number of hydrogen-bond donors (Lipinski definition) is 0. The first kappa shape index (κ1) is 21.2. The molecule has 0 radical (unpaired) electrons. The number of ether oxygens (including phenoxy) is 2. The number of carbonyl (C=O) groups is 1. The monoisotopic (exact) mass is 425 g/mol. The average molecular weight is 426 g/mol. The van der Waals surface area contributed by atoms with E-state index in [1.54, 1.807) is 17.0 Å². The fraction of sp³-hybridized carbons (Fsp3) is 0.417. The molecule has 1 aliphatic rings. The summed E-state index contributed by atoms with van der Waals surface area (Å²) in [6.07, 6.45) is 0.579. The van der Waals surface area contributed by atoms with Crippen LogP contribution in [0.25, 0.3) is 11.0 Å². The molecule has 1 atom stereocenters. The number of carbonyl (C=O) groups excluding carboxylic acids is 1. The Morgan fingerprint density at radius 1 is 1.16 bits per heavy atom. The number of rotatable bonds is 5. The number of halogens is 1. The highest BCUT2D eigenvalue weighted by atomic mass is 19.1. The third-order valence-electron chi connectivity index (χ3n) is 5.26. The van der Waals surface area contributed by atoms with Gasteiger partial charge in [-0.2, -0.15) is 4.98 Å². The van der Waals surface area contributed by atoms with Crippen LogP contribution in [0.3, 0.4) is 0 Å². The molecular weight excluding hydrogens is 397 g/mol. The van der Waals surface area contributed by atoms with Gasteiger partial charge >= 0.3 is 6.09 Å². The zero-order chi connectivity index (χ0) is 22.0. The van der Waals surface area contributed by atoms with Crippen LogP contribution in [0.4, 0.5) is 9.18 Å². The lowest BCUT2D eigenvalue weighted by Gasteiger charge is -2.24. The standard InChI is InChI=1S/C24H28FN3O3/c1-24(2,3)31-23(29)27-13-12-18(14-27)16-30-22-26-20-6-4-5-7-21(20)28(22)15-17-8-10-19(25)11-9-17/h4-11,18H,12-16H2,1-3H3/t18-/m0/s1. The molecule has 0 unspecified atom stereocenters. The minimum atomic E-state index is -0.503. The third kappa shape index (κ3) is 5.16. The van der Waals surface area contributed by atoms with Crippen molar-refractivity contribution in [1.29, 1.82) is 0 Å². The number of fused-ring (bicyclic) bond motifs is 1. The number of likely N-dealkylation sites (tertiary alicyclic amines) is 1. The SMILES string of the molecule is CC(C)(C)OC(=O)N1CC[C@H](COc2nc3ccccc3n2Cc2ccc(F)cc2)C1. The van der Waals surface area contributed by atoms with E-state index in [1.165, 1.54) is 12.1 Å². The molecule has 7 heteroatoms. The largest absolute Gasteiger partial charge is 0.464 e. The van der Waals surface area contributed by atoms with Crippen LogP contribution in [0.1, 0.15) is 32.8 Å². The fourth-order valence-corrected chi connectivity index (χ4v) is 3.74. The number of nitrogens with zero attached hydrogens (tertiary/aromatic N) is 3. The van der Waals surface area contributed by atoms with Crippen LogP contribution in [0.15, 0.2) is 48.5 Å². The molecule has 1 saturated heterocycles. The quantitative estimate of drug-likeness (QED) is 0.586. The van der Waals surface area contributed by atoms with Crippen molar-refractivity contribution < 1.29 is 18.7 Å². The van der Waals surface area contributed by atoms with Crippen molar-refractivity contribution >= 4 is 17.1 Å². The maximum absolute atomic E-state index is 13.3. The molecule has 0 bridgehead atoms. The molecular formula is C24H28FN3O3. The van der Waals surface area contributed by atoms with Crippen molar-refractivity contribution in [3.8, 4) is 6.01 Å². The molecule has 1 aliphatic heterocycles. The summed E-state index contributed by atoms with van der Waals surface area (Å²) in [6.45, 7) is 7.87.